The average molecular weight is 356 g/mol. The van der Waals surface area contributed by atoms with Gasteiger partial charge in [-0.2, -0.15) is 0 Å². The molecule has 0 unspecified atom stereocenters. The molecule has 2 aliphatic rings. The van der Waals surface area contributed by atoms with Crippen LogP contribution in [0.25, 0.3) is 0 Å². The van der Waals surface area contributed by atoms with Gasteiger partial charge in [0.05, 0.1) is 4.88 Å². The van der Waals surface area contributed by atoms with E-state index in [2.05, 4.69) is 20.9 Å². The fourth-order valence-electron chi connectivity index (χ4n) is 3.67. The van der Waals surface area contributed by atoms with Crippen molar-refractivity contribution in [2.45, 2.75) is 38.5 Å². The van der Waals surface area contributed by atoms with Gasteiger partial charge in [-0.1, -0.05) is 12.8 Å². The van der Waals surface area contributed by atoms with E-state index in [9.17, 15) is 4.79 Å². The maximum Gasteiger partial charge on any atom is 0.264 e. The number of amides is 1. The fourth-order valence-corrected chi connectivity index (χ4v) is 4.89. The molecule has 1 aliphatic carbocycles. The number of carbonyl (C=O) groups is 1. The number of aryl methyl sites for hydroxylation is 2. The van der Waals surface area contributed by atoms with Gasteiger partial charge >= 0.3 is 0 Å². The summed E-state index contributed by atoms with van der Waals surface area (Å²) in [4.78, 5) is 28.0. The van der Waals surface area contributed by atoms with Crippen molar-refractivity contribution < 1.29 is 4.79 Å². The number of hydrogen-bond donors (Lipinski definition) is 0. The number of fused-ring (bicyclic) bond motifs is 1. The standard InChI is InChI=1S/C19H24N4OS/c24-18(17-14-15-6-3-1-2-4-7-16(15)25-17)22-10-12-23(13-11-22)19-20-8-5-9-21-19/h5,8-9,14H,1-4,6-7,10-13H2. The molecule has 132 valence electrons. The summed E-state index contributed by atoms with van der Waals surface area (Å²) in [5.74, 6) is 0.957. The van der Waals surface area contributed by atoms with Crippen molar-refractivity contribution in [1.29, 1.82) is 0 Å². The van der Waals surface area contributed by atoms with Crippen molar-refractivity contribution in [2.75, 3.05) is 31.1 Å². The van der Waals surface area contributed by atoms with Crippen LogP contribution in [0.4, 0.5) is 5.95 Å². The first kappa shape index (κ1) is 16.5. The molecular formula is C19H24N4OS. The highest BCUT2D eigenvalue weighted by Gasteiger charge is 2.25. The van der Waals surface area contributed by atoms with E-state index in [0.29, 0.717) is 0 Å². The fraction of sp³-hybridized carbons (Fsp3) is 0.526. The van der Waals surface area contributed by atoms with E-state index in [4.69, 9.17) is 0 Å². The van der Waals surface area contributed by atoms with Gasteiger partial charge in [0.25, 0.3) is 5.91 Å². The third kappa shape index (κ3) is 3.68. The van der Waals surface area contributed by atoms with Gasteiger partial charge in [0.15, 0.2) is 0 Å². The van der Waals surface area contributed by atoms with Crippen LogP contribution < -0.4 is 4.90 Å². The maximum absolute atomic E-state index is 12.9. The number of rotatable bonds is 2. The van der Waals surface area contributed by atoms with Crippen molar-refractivity contribution >= 4 is 23.2 Å². The number of aromatic nitrogens is 2. The summed E-state index contributed by atoms with van der Waals surface area (Å²) in [5, 5.41) is 0. The SMILES string of the molecule is O=C(c1cc2c(s1)CCCCCC2)N1CCN(c2ncccn2)CC1. The zero-order chi connectivity index (χ0) is 17.1. The minimum Gasteiger partial charge on any atom is -0.337 e. The van der Waals surface area contributed by atoms with Gasteiger partial charge in [-0.3, -0.25) is 4.79 Å². The Hall–Kier alpha value is -1.95. The Kier molecular flexibility index (Phi) is 4.97. The lowest BCUT2D eigenvalue weighted by Crippen LogP contribution is -2.49. The van der Waals surface area contributed by atoms with Gasteiger partial charge < -0.3 is 9.80 Å². The Balaban J connectivity index is 1.41. The lowest BCUT2D eigenvalue weighted by atomic mass is 10.00. The van der Waals surface area contributed by atoms with Gasteiger partial charge in [-0.05, 0) is 43.4 Å². The van der Waals surface area contributed by atoms with Crippen molar-refractivity contribution in [1.82, 2.24) is 14.9 Å². The van der Waals surface area contributed by atoms with Gasteiger partial charge in [0, 0.05) is 43.4 Å². The molecule has 0 radical (unpaired) electrons. The quantitative estimate of drug-likeness (QED) is 0.829. The molecule has 2 aromatic rings. The first-order chi connectivity index (χ1) is 12.3. The largest absolute Gasteiger partial charge is 0.337 e. The van der Waals surface area contributed by atoms with E-state index in [1.165, 1.54) is 36.1 Å². The lowest BCUT2D eigenvalue weighted by Gasteiger charge is -2.34. The third-order valence-electron chi connectivity index (χ3n) is 5.11. The second kappa shape index (κ2) is 7.52. The molecule has 25 heavy (non-hydrogen) atoms. The molecular weight excluding hydrogens is 332 g/mol. The molecule has 0 spiro atoms. The van der Waals surface area contributed by atoms with Crippen LogP contribution in [0.15, 0.2) is 24.5 Å². The summed E-state index contributed by atoms with van der Waals surface area (Å²) >= 11 is 1.73. The first-order valence-corrected chi connectivity index (χ1v) is 10.1. The molecule has 0 aromatic carbocycles. The van der Waals surface area contributed by atoms with Gasteiger partial charge in [-0.25, -0.2) is 9.97 Å². The van der Waals surface area contributed by atoms with E-state index in [1.54, 1.807) is 23.7 Å². The zero-order valence-corrected chi connectivity index (χ0v) is 15.3. The normalized spacial score (nSPS) is 18.4. The van der Waals surface area contributed by atoms with Crippen LogP contribution in [0, 0.1) is 0 Å². The van der Waals surface area contributed by atoms with E-state index < -0.39 is 0 Å². The number of piperazine rings is 1. The van der Waals surface area contributed by atoms with Crippen LogP contribution in [0.1, 0.15) is 45.8 Å². The number of thiophene rings is 1. The van der Waals surface area contributed by atoms with Crippen LogP contribution in [-0.4, -0.2) is 47.0 Å². The van der Waals surface area contributed by atoms with Crippen LogP contribution in [0.5, 0.6) is 0 Å². The van der Waals surface area contributed by atoms with Crippen LogP contribution >= 0.6 is 11.3 Å². The lowest BCUT2D eigenvalue weighted by molar-refractivity contribution is 0.0751. The molecule has 6 heteroatoms. The molecule has 0 saturated carbocycles. The monoisotopic (exact) mass is 356 g/mol. The second-order valence-corrected chi connectivity index (χ2v) is 7.94. The Morgan fingerprint density at radius 3 is 2.44 bits per heavy atom. The third-order valence-corrected chi connectivity index (χ3v) is 6.33. The Morgan fingerprint density at radius 2 is 1.68 bits per heavy atom. The van der Waals surface area contributed by atoms with E-state index in [0.717, 1.165) is 49.8 Å². The minimum absolute atomic E-state index is 0.199. The van der Waals surface area contributed by atoms with E-state index in [1.807, 2.05) is 11.0 Å². The molecule has 5 nitrogen and oxygen atoms in total. The highest BCUT2D eigenvalue weighted by Crippen LogP contribution is 2.29. The molecule has 4 rings (SSSR count). The zero-order valence-electron chi connectivity index (χ0n) is 14.5. The number of nitrogens with zero attached hydrogens (tertiary/aromatic N) is 4. The maximum atomic E-state index is 12.9. The summed E-state index contributed by atoms with van der Waals surface area (Å²) in [7, 11) is 0. The van der Waals surface area contributed by atoms with E-state index in [-0.39, 0.29) is 5.91 Å². The predicted molar refractivity (Wildman–Crippen MR) is 100 cm³/mol. The summed E-state index contributed by atoms with van der Waals surface area (Å²) in [6.07, 6.45) is 11.0. The van der Waals surface area contributed by atoms with Gasteiger partial charge in [0.2, 0.25) is 5.95 Å². The van der Waals surface area contributed by atoms with E-state index >= 15 is 0 Å². The van der Waals surface area contributed by atoms with Crippen molar-refractivity contribution in [3.63, 3.8) is 0 Å². The predicted octanol–water partition coefficient (Wildman–Crippen LogP) is 3.16. The summed E-state index contributed by atoms with van der Waals surface area (Å²) in [6.45, 7) is 3.06. The topological polar surface area (TPSA) is 49.3 Å². The van der Waals surface area contributed by atoms with Crippen LogP contribution in [0.3, 0.4) is 0 Å². The molecule has 1 amide bonds. The number of carbonyl (C=O) groups excluding carboxylic acids is 1. The minimum atomic E-state index is 0.199. The molecule has 3 heterocycles. The summed E-state index contributed by atoms with van der Waals surface area (Å²) < 4.78 is 0. The first-order valence-electron chi connectivity index (χ1n) is 9.24. The molecule has 1 fully saturated rings. The molecule has 0 bridgehead atoms. The summed E-state index contributed by atoms with van der Waals surface area (Å²) in [5.41, 5.74) is 1.42. The second-order valence-electron chi connectivity index (χ2n) is 6.80. The van der Waals surface area contributed by atoms with Crippen molar-refractivity contribution in [2.24, 2.45) is 0 Å². The molecule has 0 N–H and O–H groups in total. The Labute approximate surface area is 152 Å². The molecule has 1 aliphatic heterocycles. The van der Waals surface area contributed by atoms with Crippen molar-refractivity contribution in [3.05, 3.63) is 39.8 Å². The smallest absolute Gasteiger partial charge is 0.264 e. The summed E-state index contributed by atoms with van der Waals surface area (Å²) in [6, 6.07) is 3.99. The number of anilines is 1. The highest BCUT2D eigenvalue weighted by atomic mass is 32.1. The van der Waals surface area contributed by atoms with Crippen LogP contribution in [0.2, 0.25) is 0 Å². The molecule has 0 atom stereocenters. The van der Waals surface area contributed by atoms with Crippen molar-refractivity contribution in [3.8, 4) is 0 Å². The van der Waals surface area contributed by atoms with Gasteiger partial charge in [-0.15, -0.1) is 11.3 Å². The van der Waals surface area contributed by atoms with Crippen LogP contribution in [-0.2, 0) is 12.8 Å². The highest BCUT2D eigenvalue weighted by molar-refractivity contribution is 7.14. The Bertz CT molecular complexity index is 697. The average Bonchev–Trinajstić information content (AvgIpc) is 3.04. The molecule has 1 saturated heterocycles. The van der Waals surface area contributed by atoms with Gasteiger partial charge in [0.1, 0.15) is 0 Å². The number of hydrogen-bond acceptors (Lipinski definition) is 5. The molecule has 2 aromatic heterocycles. The Morgan fingerprint density at radius 1 is 0.960 bits per heavy atom.